The predicted octanol–water partition coefficient (Wildman–Crippen LogP) is 4.36. The largest absolute Gasteiger partial charge is 0.494 e. The second kappa shape index (κ2) is 7.61. The summed E-state index contributed by atoms with van der Waals surface area (Å²) >= 11 is 1.10. The van der Waals surface area contributed by atoms with Crippen molar-refractivity contribution in [1.29, 1.82) is 0 Å². The first-order valence-corrected chi connectivity index (χ1v) is 8.64. The molecule has 0 atom stereocenters. The van der Waals surface area contributed by atoms with Crippen molar-refractivity contribution in [2.24, 2.45) is 0 Å². The summed E-state index contributed by atoms with van der Waals surface area (Å²) in [6.07, 6.45) is 2.51. The number of carbonyl (C=O) groups is 1. The molecule has 0 fully saturated rings. The van der Waals surface area contributed by atoms with Crippen LogP contribution < -0.4 is 10.1 Å². The molecule has 0 saturated carbocycles. The Morgan fingerprint density at radius 2 is 2.08 bits per heavy atom. The van der Waals surface area contributed by atoms with E-state index in [9.17, 15) is 13.6 Å². The minimum atomic E-state index is -2.70. The first-order valence-electron chi connectivity index (χ1n) is 7.82. The fraction of sp³-hybridized carbons (Fsp3) is 0.235. The number of hydrogen-bond acceptors (Lipinski definition) is 5. The molecular weight excluding hydrogens is 362 g/mol. The van der Waals surface area contributed by atoms with E-state index in [1.165, 1.54) is 12.4 Å². The van der Waals surface area contributed by atoms with Gasteiger partial charge < -0.3 is 4.74 Å². The number of imidazole rings is 1. The first-order chi connectivity index (χ1) is 12.5. The molecule has 0 spiro atoms. The van der Waals surface area contributed by atoms with Gasteiger partial charge in [-0.25, -0.2) is 9.97 Å². The van der Waals surface area contributed by atoms with Crippen LogP contribution in [-0.4, -0.2) is 27.0 Å². The van der Waals surface area contributed by atoms with E-state index < -0.39 is 6.55 Å². The van der Waals surface area contributed by atoms with Gasteiger partial charge >= 0.3 is 6.55 Å². The summed E-state index contributed by atoms with van der Waals surface area (Å²) in [6, 6.07) is 6.70. The van der Waals surface area contributed by atoms with Crippen LogP contribution in [0.4, 0.5) is 13.9 Å². The van der Waals surface area contributed by atoms with Gasteiger partial charge in [0.15, 0.2) is 11.0 Å². The molecule has 0 aliphatic carbocycles. The number of ether oxygens (including phenoxy) is 1. The molecule has 2 heterocycles. The SMILES string of the molecule is CCOc1ccc(C(=O)Nc2nc(C)c(-c3nccn3C(F)F)s2)cc1. The van der Waals surface area contributed by atoms with Gasteiger partial charge in [-0.2, -0.15) is 8.78 Å². The van der Waals surface area contributed by atoms with Gasteiger partial charge in [-0.15, -0.1) is 0 Å². The van der Waals surface area contributed by atoms with Gasteiger partial charge in [0, 0.05) is 18.0 Å². The molecule has 6 nitrogen and oxygen atoms in total. The average Bonchev–Trinajstić information content (AvgIpc) is 3.22. The van der Waals surface area contributed by atoms with Crippen LogP contribution in [0.15, 0.2) is 36.7 Å². The zero-order valence-electron chi connectivity index (χ0n) is 14.1. The minimum Gasteiger partial charge on any atom is -0.494 e. The molecular formula is C17H16F2N4O2S. The van der Waals surface area contributed by atoms with Gasteiger partial charge in [0.1, 0.15) is 5.75 Å². The van der Waals surface area contributed by atoms with Crippen molar-refractivity contribution in [3.8, 4) is 16.5 Å². The molecule has 1 N–H and O–H groups in total. The summed E-state index contributed by atoms with van der Waals surface area (Å²) in [5.41, 5.74) is 0.960. The van der Waals surface area contributed by atoms with Crippen LogP contribution in [0, 0.1) is 6.92 Å². The molecule has 136 valence electrons. The number of benzene rings is 1. The third kappa shape index (κ3) is 3.72. The molecule has 26 heavy (non-hydrogen) atoms. The van der Waals surface area contributed by atoms with E-state index in [0.29, 0.717) is 33.6 Å². The van der Waals surface area contributed by atoms with E-state index >= 15 is 0 Å². The maximum absolute atomic E-state index is 13.0. The van der Waals surface area contributed by atoms with Crippen LogP contribution in [0.1, 0.15) is 29.5 Å². The van der Waals surface area contributed by atoms with Gasteiger partial charge in [-0.1, -0.05) is 11.3 Å². The number of halogens is 2. The third-order valence-corrected chi connectivity index (χ3v) is 4.60. The number of nitrogens with zero attached hydrogens (tertiary/aromatic N) is 3. The lowest BCUT2D eigenvalue weighted by molar-refractivity contribution is 0.0720. The highest BCUT2D eigenvalue weighted by atomic mass is 32.1. The Morgan fingerprint density at radius 3 is 2.73 bits per heavy atom. The van der Waals surface area contributed by atoms with Crippen molar-refractivity contribution in [3.05, 3.63) is 47.9 Å². The van der Waals surface area contributed by atoms with Crippen molar-refractivity contribution in [1.82, 2.24) is 14.5 Å². The van der Waals surface area contributed by atoms with Gasteiger partial charge in [0.05, 0.1) is 17.2 Å². The number of alkyl halides is 2. The van der Waals surface area contributed by atoms with Crippen LogP contribution >= 0.6 is 11.3 Å². The predicted molar refractivity (Wildman–Crippen MR) is 94.9 cm³/mol. The summed E-state index contributed by atoms with van der Waals surface area (Å²) in [5.74, 6) is 0.456. The molecule has 2 aromatic heterocycles. The fourth-order valence-corrected chi connectivity index (χ4v) is 3.30. The number of thiazole rings is 1. The molecule has 1 aromatic carbocycles. The molecule has 0 unspecified atom stereocenters. The van der Waals surface area contributed by atoms with Crippen molar-refractivity contribution in [3.63, 3.8) is 0 Å². The molecule has 0 aliphatic heterocycles. The molecule has 0 saturated heterocycles. The van der Waals surface area contributed by atoms with E-state index in [0.717, 1.165) is 15.9 Å². The number of aryl methyl sites for hydroxylation is 1. The van der Waals surface area contributed by atoms with Crippen molar-refractivity contribution in [2.75, 3.05) is 11.9 Å². The number of rotatable bonds is 6. The Labute approximate surface area is 152 Å². The summed E-state index contributed by atoms with van der Waals surface area (Å²) in [4.78, 5) is 21.0. The second-order valence-corrected chi connectivity index (χ2v) is 6.28. The van der Waals surface area contributed by atoms with Gasteiger partial charge in [-0.3, -0.25) is 14.7 Å². The lowest BCUT2D eigenvalue weighted by Crippen LogP contribution is -2.11. The average molecular weight is 378 g/mol. The van der Waals surface area contributed by atoms with Crippen LogP contribution in [0.3, 0.4) is 0 Å². The summed E-state index contributed by atoms with van der Waals surface area (Å²) < 4.78 is 32.2. The first kappa shape index (κ1) is 18.0. The Hall–Kier alpha value is -2.81. The number of carbonyl (C=O) groups excluding carboxylic acids is 1. The summed E-state index contributed by atoms with van der Waals surface area (Å²) in [6.45, 7) is 1.41. The van der Waals surface area contributed by atoms with E-state index in [4.69, 9.17) is 4.74 Å². The summed E-state index contributed by atoms with van der Waals surface area (Å²) in [5, 5.41) is 3.00. The quantitative estimate of drug-likeness (QED) is 0.692. The lowest BCUT2D eigenvalue weighted by atomic mass is 10.2. The molecule has 3 aromatic rings. The van der Waals surface area contributed by atoms with Gasteiger partial charge in [0.2, 0.25) is 0 Å². The second-order valence-electron chi connectivity index (χ2n) is 5.28. The molecule has 0 aliphatic rings. The number of aromatic nitrogens is 3. The van der Waals surface area contributed by atoms with Gasteiger partial charge in [0.25, 0.3) is 5.91 Å². The maximum atomic E-state index is 13.0. The topological polar surface area (TPSA) is 69.0 Å². The standard InChI is InChI=1S/C17H16F2N4O2S/c1-3-25-12-6-4-11(5-7-12)15(24)22-17-21-10(2)13(26-17)14-20-8-9-23(14)16(18)19/h4-9,16H,3H2,1-2H3,(H,21,22,24). The van der Waals surface area contributed by atoms with Crippen molar-refractivity contribution >= 4 is 22.4 Å². The molecule has 3 rings (SSSR count). The highest BCUT2D eigenvalue weighted by Gasteiger charge is 2.19. The lowest BCUT2D eigenvalue weighted by Gasteiger charge is -2.05. The van der Waals surface area contributed by atoms with E-state index in [1.807, 2.05) is 6.92 Å². The zero-order chi connectivity index (χ0) is 18.7. The van der Waals surface area contributed by atoms with Gasteiger partial charge in [-0.05, 0) is 38.1 Å². The Bertz CT molecular complexity index is 906. The number of nitrogens with one attached hydrogen (secondary N) is 1. The van der Waals surface area contributed by atoms with Crippen LogP contribution in [0.2, 0.25) is 0 Å². The highest BCUT2D eigenvalue weighted by molar-refractivity contribution is 7.19. The zero-order valence-corrected chi connectivity index (χ0v) is 14.9. The normalized spacial score (nSPS) is 11.0. The molecule has 0 radical (unpaired) electrons. The van der Waals surface area contributed by atoms with Crippen LogP contribution in [0.5, 0.6) is 5.75 Å². The van der Waals surface area contributed by atoms with Crippen LogP contribution in [-0.2, 0) is 0 Å². The minimum absolute atomic E-state index is 0.122. The smallest absolute Gasteiger partial charge is 0.320 e. The maximum Gasteiger partial charge on any atom is 0.320 e. The Balaban J connectivity index is 1.78. The Kier molecular flexibility index (Phi) is 5.27. The van der Waals surface area contributed by atoms with Crippen molar-refractivity contribution in [2.45, 2.75) is 20.4 Å². The number of anilines is 1. The fourth-order valence-electron chi connectivity index (χ4n) is 2.34. The molecule has 0 bridgehead atoms. The highest BCUT2D eigenvalue weighted by Crippen LogP contribution is 2.33. The van der Waals surface area contributed by atoms with E-state index in [-0.39, 0.29) is 11.7 Å². The Morgan fingerprint density at radius 1 is 1.35 bits per heavy atom. The van der Waals surface area contributed by atoms with Crippen LogP contribution in [0.25, 0.3) is 10.7 Å². The van der Waals surface area contributed by atoms with Crippen molar-refractivity contribution < 1.29 is 18.3 Å². The number of amides is 1. The third-order valence-electron chi connectivity index (χ3n) is 3.53. The van der Waals surface area contributed by atoms with E-state index in [1.54, 1.807) is 31.2 Å². The summed E-state index contributed by atoms with van der Waals surface area (Å²) in [7, 11) is 0. The molecule has 1 amide bonds. The van der Waals surface area contributed by atoms with E-state index in [2.05, 4.69) is 15.3 Å². The molecule has 9 heteroatoms. The number of hydrogen-bond donors (Lipinski definition) is 1. The monoisotopic (exact) mass is 378 g/mol.